The standard InChI is InChI=1S/C48H33N3O/c1-48(2)40-24-10-9-20-36(40)37-22-12-23-39(44(37)48)47-50-45(33-19-11-18-32(28-33)30-14-5-3-6-15-30)49-46(51-47)34-26-27-38-42(29-34)52-41-25-13-21-35(43(38)41)31-16-7-4-8-17-31/h3-29H,1-2H3. The number of aromatic nitrogens is 3. The molecular formula is C48H33N3O. The molecule has 0 saturated carbocycles. The Bertz CT molecular complexity index is 2820. The molecule has 0 atom stereocenters. The Kier molecular flexibility index (Phi) is 6.80. The van der Waals surface area contributed by atoms with Gasteiger partial charge in [-0.3, -0.25) is 0 Å². The fourth-order valence-electron chi connectivity index (χ4n) is 8.08. The van der Waals surface area contributed by atoms with Crippen molar-refractivity contribution in [1.82, 2.24) is 15.0 Å². The SMILES string of the molecule is CC1(C)c2ccccc2-c2cccc(-c3nc(-c4cccc(-c5ccccc5)c4)nc(-c4ccc5c(c4)oc4cccc(-c6ccccc6)c45)n3)c21. The van der Waals surface area contributed by atoms with E-state index >= 15 is 0 Å². The lowest BCUT2D eigenvalue weighted by atomic mass is 9.80. The van der Waals surface area contributed by atoms with Gasteiger partial charge in [0.15, 0.2) is 17.5 Å². The molecule has 0 bridgehead atoms. The van der Waals surface area contributed by atoms with Gasteiger partial charge < -0.3 is 4.42 Å². The molecule has 0 fully saturated rings. The van der Waals surface area contributed by atoms with E-state index < -0.39 is 0 Å². The highest BCUT2D eigenvalue weighted by Gasteiger charge is 2.38. The van der Waals surface area contributed by atoms with E-state index in [1.54, 1.807) is 0 Å². The van der Waals surface area contributed by atoms with Crippen molar-refractivity contribution in [1.29, 1.82) is 0 Å². The van der Waals surface area contributed by atoms with Gasteiger partial charge in [-0.05, 0) is 68.8 Å². The molecule has 0 unspecified atom stereocenters. The Morgan fingerprint density at radius 2 is 0.981 bits per heavy atom. The summed E-state index contributed by atoms with van der Waals surface area (Å²) in [7, 11) is 0. The summed E-state index contributed by atoms with van der Waals surface area (Å²) >= 11 is 0. The monoisotopic (exact) mass is 667 g/mol. The van der Waals surface area contributed by atoms with Crippen molar-refractivity contribution in [3.8, 4) is 67.5 Å². The Morgan fingerprint density at radius 1 is 0.404 bits per heavy atom. The first-order chi connectivity index (χ1) is 25.5. The van der Waals surface area contributed by atoms with Crippen LogP contribution in [0.2, 0.25) is 0 Å². The zero-order valence-electron chi connectivity index (χ0n) is 28.8. The molecule has 7 aromatic carbocycles. The predicted octanol–water partition coefficient (Wildman–Crippen LogP) is 12.4. The molecule has 4 heteroatoms. The Morgan fingerprint density at radius 3 is 1.79 bits per heavy atom. The van der Waals surface area contributed by atoms with E-state index in [1.165, 1.54) is 22.3 Å². The number of benzene rings is 7. The highest BCUT2D eigenvalue weighted by atomic mass is 16.3. The van der Waals surface area contributed by atoms with Crippen molar-refractivity contribution in [2.75, 3.05) is 0 Å². The third-order valence-electron chi connectivity index (χ3n) is 10.5. The van der Waals surface area contributed by atoms with Crippen LogP contribution < -0.4 is 0 Å². The van der Waals surface area contributed by atoms with Crippen LogP contribution in [-0.4, -0.2) is 15.0 Å². The molecule has 0 aliphatic heterocycles. The van der Waals surface area contributed by atoms with E-state index in [9.17, 15) is 0 Å². The maximum atomic E-state index is 6.52. The van der Waals surface area contributed by atoms with Gasteiger partial charge >= 0.3 is 0 Å². The lowest BCUT2D eigenvalue weighted by molar-refractivity contribution is 0.661. The van der Waals surface area contributed by atoms with E-state index in [0.29, 0.717) is 17.5 Å². The van der Waals surface area contributed by atoms with E-state index in [4.69, 9.17) is 19.4 Å². The summed E-state index contributed by atoms with van der Waals surface area (Å²) in [6, 6.07) is 57.1. The third kappa shape index (κ3) is 4.79. The Labute approximate surface area is 302 Å². The van der Waals surface area contributed by atoms with Crippen molar-refractivity contribution in [2.45, 2.75) is 19.3 Å². The zero-order chi connectivity index (χ0) is 34.8. The van der Waals surface area contributed by atoms with Gasteiger partial charge in [0.05, 0.1) is 0 Å². The first-order valence-electron chi connectivity index (χ1n) is 17.7. The smallest absolute Gasteiger partial charge is 0.164 e. The quantitative estimate of drug-likeness (QED) is 0.183. The summed E-state index contributed by atoms with van der Waals surface area (Å²) in [6.45, 7) is 4.60. The highest BCUT2D eigenvalue weighted by Crippen LogP contribution is 2.51. The van der Waals surface area contributed by atoms with Gasteiger partial charge in [-0.25, -0.2) is 15.0 Å². The van der Waals surface area contributed by atoms with Gasteiger partial charge in [-0.2, -0.15) is 0 Å². The second kappa shape index (κ2) is 11.7. The molecule has 1 aliphatic carbocycles. The van der Waals surface area contributed by atoms with E-state index in [0.717, 1.165) is 60.9 Å². The molecule has 52 heavy (non-hydrogen) atoms. The van der Waals surface area contributed by atoms with Crippen LogP contribution in [0.15, 0.2) is 168 Å². The second-order valence-corrected chi connectivity index (χ2v) is 14.0. The van der Waals surface area contributed by atoms with Crippen LogP contribution >= 0.6 is 0 Å². The van der Waals surface area contributed by atoms with E-state index in [2.05, 4.69) is 159 Å². The van der Waals surface area contributed by atoms with Crippen LogP contribution in [0.3, 0.4) is 0 Å². The van der Waals surface area contributed by atoms with Crippen LogP contribution in [0.5, 0.6) is 0 Å². The van der Waals surface area contributed by atoms with Crippen LogP contribution in [0.1, 0.15) is 25.0 Å². The molecular weight excluding hydrogens is 635 g/mol. The molecule has 0 radical (unpaired) electrons. The zero-order valence-corrected chi connectivity index (χ0v) is 28.8. The second-order valence-electron chi connectivity index (χ2n) is 14.0. The summed E-state index contributed by atoms with van der Waals surface area (Å²) in [5, 5.41) is 2.16. The minimum absolute atomic E-state index is 0.230. The third-order valence-corrected chi connectivity index (χ3v) is 10.5. The van der Waals surface area contributed by atoms with Crippen molar-refractivity contribution >= 4 is 21.9 Å². The average molecular weight is 668 g/mol. The minimum Gasteiger partial charge on any atom is -0.456 e. The molecule has 0 amide bonds. The molecule has 2 aromatic heterocycles. The Balaban J connectivity index is 1.18. The maximum Gasteiger partial charge on any atom is 0.164 e. The van der Waals surface area contributed by atoms with E-state index in [-0.39, 0.29) is 5.41 Å². The summed E-state index contributed by atoms with van der Waals surface area (Å²) in [5.74, 6) is 1.88. The Hall–Kier alpha value is -6.65. The molecule has 0 spiro atoms. The maximum absolute atomic E-state index is 6.52. The van der Waals surface area contributed by atoms with Gasteiger partial charge in [0.2, 0.25) is 0 Å². The summed E-state index contributed by atoms with van der Waals surface area (Å²) < 4.78 is 6.52. The molecule has 246 valence electrons. The van der Waals surface area contributed by atoms with Gasteiger partial charge in [0, 0.05) is 32.9 Å². The van der Waals surface area contributed by atoms with Crippen molar-refractivity contribution in [3.63, 3.8) is 0 Å². The number of nitrogens with zero attached hydrogens (tertiary/aromatic N) is 3. The van der Waals surface area contributed by atoms with Gasteiger partial charge in [0.25, 0.3) is 0 Å². The topological polar surface area (TPSA) is 51.8 Å². The average Bonchev–Trinajstić information content (AvgIpc) is 3.70. The number of hydrogen-bond acceptors (Lipinski definition) is 4. The van der Waals surface area contributed by atoms with Crippen molar-refractivity contribution < 1.29 is 4.42 Å². The normalized spacial score (nSPS) is 13.0. The minimum atomic E-state index is -0.230. The van der Waals surface area contributed by atoms with Gasteiger partial charge in [-0.15, -0.1) is 0 Å². The molecule has 4 nitrogen and oxygen atoms in total. The molecule has 9 aromatic rings. The molecule has 1 aliphatic rings. The van der Waals surface area contributed by atoms with Crippen LogP contribution in [0, 0.1) is 0 Å². The fraction of sp³-hybridized carbons (Fsp3) is 0.0625. The largest absolute Gasteiger partial charge is 0.456 e. The van der Waals surface area contributed by atoms with Crippen LogP contribution in [0.4, 0.5) is 0 Å². The molecule has 10 rings (SSSR count). The molecule has 2 heterocycles. The van der Waals surface area contributed by atoms with E-state index in [1.807, 2.05) is 18.2 Å². The summed E-state index contributed by atoms with van der Waals surface area (Å²) in [6.07, 6.45) is 0. The molecule has 0 saturated heterocycles. The lowest BCUT2D eigenvalue weighted by Crippen LogP contribution is -2.17. The summed E-state index contributed by atoms with van der Waals surface area (Å²) in [4.78, 5) is 15.7. The lowest BCUT2D eigenvalue weighted by Gasteiger charge is -2.24. The fourth-order valence-corrected chi connectivity index (χ4v) is 8.08. The first-order valence-corrected chi connectivity index (χ1v) is 17.7. The number of furan rings is 1. The van der Waals surface area contributed by atoms with Crippen molar-refractivity contribution in [2.24, 2.45) is 0 Å². The van der Waals surface area contributed by atoms with Crippen molar-refractivity contribution in [3.05, 3.63) is 175 Å². The first kappa shape index (κ1) is 30.2. The van der Waals surface area contributed by atoms with Crippen LogP contribution in [0.25, 0.3) is 89.5 Å². The summed E-state index contributed by atoms with van der Waals surface area (Å²) in [5.41, 5.74) is 13.8. The number of rotatable bonds is 5. The van der Waals surface area contributed by atoms with Gasteiger partial charge in [-0.1, -0.05) is 153 Å². The number of fused-ring (bicyclic) bond motifs is 6. The number of hydrogen-bond donors (Lipinski definition) is 0. The van der Waals surface area contributed by atoms with Crippen LogP contribution in [-0.2, 0) is 5.41 Å². The van der Waals surface area contributed by atoms with Gasteiger partial charge in [0.1, 0.15) is 11.2 Å². The molecule has 0 N–H and O–H groups in total. The highest BCUT2D eigenvalue weighted by molar-refractivity contribution is 6.13. The predicted molar refractivity (Wildman–Crippen MR) is 212 cm³/mol.